The van der Waals surface area contributed by atoms with E-state index in [1.54, 1.807) is 0 Å². The van der Waals surface area contributed by atoms with Crippen LogP contribution in [0.15, 0.2) is 0 Å². The number of rotatable bonds is 6. The number of hydrogen-bond donors (Lipinski definition) is 1. The van der Waals surface area contributed by atoms with Crippen LogP contribution >= 0.6 is 0 Å². The highest BCUT2D eigenvalue weighted by molar-refractivity contribution is 6.66. The molecule has 1 aliphatic rings. The van der Waals surface area contributed by atoms with Gasteiger partial charge in [0.05, 0.1) is 0 Å². The molecule has 16 heavy (non-hydrogen) atoms. The molecule has 1 heterocycles. The molecule has 0 spiro atoms. The van der Waals surface area contributed by atoms with Crippen molar-refractivity contribution >= 4 is 19.5 Å². The van der Waals surface area contributed by atoms with E-state index in [1.165, 1.54) is 0 Å². The molecule has 1 saturated heterocycles. The Kier molecular flexibility index (Phi) is 8.52. The molecule has 98 valence electrons. The van der Waals surface area contributed by atoms with Gasteiger partial charge in [0.1, 0.15) is 0 Å². The summed E-state index contributed by atoms with van der Waals surface area (Å²) < 4.78 is 11.7. The highest BCUT2D eigenvalue weighted by Gasteiger charge is 2.33. The molecule has 0 bridgehead atoms. The Hall–Kier alpha value is 0.274. The third-order valence-electron chi connectivity index (χ3n) is 2.62. The maximum absolute atomic E-state index is 5.83. The fraction of sp³-hybridized carbons (Fsp3) is 1.00. The molecule has 0 unspecified atom stereocenters. The van der Waals surface area contributed by atoms with Crippen molar-refractivity contribution in [2.75, 3.05) is 45.6 Å². The molecular weight excluding hydrogens is 236 g/mol. The number of piperazine rings is 1. The van der Waals surface area contributed by atoms with Crippen LogP contribution < -0.4 is 5.32 Å². The molecule has 4 nitrogen and oxygen atoms in total. The fourth-order valence-corrected chi connectivity index (χ4v) is 4.63. The van der Waals surface area contributed by atoms with Gasteiger partial charge in [-0.15, -0.1) is 0 Å². The lowest BCUT2D eigenvalue weighted by atomic mass is 10.4. The van der Waals surface area contributed by atoms with Crippen LogP contribution in [0.2, 0.25) is 6.55 Å². The van der Waals surface area contributed by atoms with Crippen LogP contribution in [-0.4, -0.2) is 70.0 Å². The van der Waals surface area contributed by atoms with E-state index < -0.39 is 8.56 Å². The first kappa shape index (κ1) is 16.3. The summed E-state index contributed by atoms with van der Waals surface area (Å²) in [7, 11) is -1.94. The average Bonchev–Trinajstić information content (AvgIpc) is 2.19. The van der Waals surface area contributed by atoms with Crippen LogP contribution in [0, 0.1) is 0 Å². The second kappa shape index (κ2) is 8.38. The molecule has 0 aromatic heterocycles. The zero-order valence-electron chi connectivity index (χ0n) is 10.2. The topological polar surface area (TPSA) is 33.7 Å². The van der Waals surface area contributed by atoms with Gasteiger partial charge in [-0.25, -0.2) is 0 Å². The molecule has 0 aromatic carbocycles. The van der Waals surface area contributed by atoms with E-state index in [2.05, 4.69) is 16.8 Å². The SMILES string of the molecule is CCO[Si](C)(CN1CCNCC1)OCC.[SiH4]. The Bertz CT molecular complexity index is 172. The van der Waals surface area contributed by atoms with Crippen LogP contribution in [0.25, 0.3) is 0 Å². The summed E-state index contributed by atoms with van der Waals surface area (Å²) in [4.78, 5) is 2.45. The Morgan fingerprint density at radius 1 is 1.12 bits per heavy atom. The van der Waals surface area contributed by atoms with Gasteiger partial charge in [0.15, 0.2) is 0 Å². The van der Waals surface area contributed by atoms with Gasteiger partial charge < -0.3 is 14.2 Å². The third-order valence-corrected chi connectivity index (χ3v) is 5.44. The first-order valence-corrected chi connectivity index (χ1v) is 8.43. The van der Waals surface area contributed by atoms with E-state index in [-0.39, 0.29) is 11.0 Å². The van der Waals surface area contributed by atoms with Crippen LogP contribution in [-0.2, 0) is 8.85 Å². The summed E-state index contributed by atoms with van der Waals surface area (Å²) in [5, 5.41) is 3.36. The smallest absolute Gasteiger partial charge is 0.349 e. The van der Waals surface area contributed by atoms with Crippen molar-refractivity contribution in [1.29, 1.82) is 0 Å². The normalized spacial score (nSPS) is 18.2. The summed E-state index contributed by atoms with van der Waals surface area (Å²) in [6.07, 6.45) is 0.996. The van der Waals surface area contributed by atoms with Crippen molar-refractivity contribution in [2.24, 2.45) is 0 Å². The van der Waals surface area contributed by atoms with Crippen LogP contribution in [0.3, 0.4) is 0 Å². The fourth-order valence-electron chi connectivity index (χ4n) is 2.02. The lowest BCUT2D eigenvalue weighted by Gasteiger charge is -2.34. The van der Waals surface area contributed by atoms with E-state index in [4.69, 9.17) is 8.85 Å². The molecule has 1 fully saturated rings. The lowest BCUT2D eigenvalue weighted by Crippen LogP contribution is -2.54. The molecule has 0 aliphatic carbocycles. The molecule has 0 amide bonds. The minimum Gasteiger partial charge on any atom is -0.394 e. The second-order valence-electron chi connectivity index (χ2n) is 4.03. The molecular formula is C10H28N2O2Si2. The summed E-state index contributed by atoms with van der Waals surface area (Å²) in [5.74, 6) is 0. The zero-order valence-corrected chi connectivity index (χ0v) is 11.2. The molecule has 0 aromatic rings. The second-order valence-corrected chi connectivity index (χ2v) is 7.19. The van der Waals surface area contributed by atoms with Crippen molar-refractivity contribution in [2.45, 2.75) is 20.4 Å². The predicted octanol–water partition coefficient (Wildman–Crippen LogP) is -0.876. The van der Waals surface area contributed by atoms with Gasteiger partial charge in [-0.2, -0.15) is 0 Å². The minimum atomic E-state index is -1.94. The Labute approximate surface area is 105 Å². The Balaban J connectivity index is 0.00000225. The molecule has 0 radical (unpaired) electrons. The molecule has 1 rings (SSSR count). The van der Waals surface area contributed by atoms with E-state index in [0.717, 1.165) is 45.6 Å². The van der Waals surface area contributed by atoms with Crippen LogP contribution in [0.5, 0.6) is 0 Å². The van der Waals surface area contributed by atoms with Crippen molar-refractivity contribution in [3.63, 3.8) is 0 Å². The van der Waals surface area contributed by atoms with Gasteiger partial charge in [-0.05, 0) is 31.4 Å². The van der Waals surface area contributed by atoms with Crippen molar-refractivity contribution in [1.82, 2.24) is 10.2 Å². The van der Waals surface area contributed by atoms with Gasteiger partial charge in [0, 0.05) is 45.6 Å². The van der Waals surface area contributed by atoms with Crippen molar-refractivity contribution in [3.05, 3.63) is 0 Å². The highest BCUT2D eigenvalue weighted by atomic mass is 28.4. The monoisotopic (exact) mass is 264 g/mol. The molecule has 1 N–H and O–H groups in total. The molecule has 0 saturated carbocycles. The quantitative estimate of drug-likeness (QED) is 0.632. The van der Waals surface area contributed by atoms with Gasteiger partial charge in [-0.1, -0.05) is 0 Å². The predicted molar refractivity (Wildman–Crippen MR) is 75.5 cm³/mol. The number of nitrogens with one attached hydrogen (secondary N) is 1. The number of hydrogen-bond acceptors (Lipinski definition) is 4. The molecule has 0 atom stereocenters. The summed E-state index contributed by atoms with van der Waals surface area (Å²) in [6, 6.07) is 0. The van der Waals surface area contributed by atoms with Crippen molar-refractivity contribution < 1.29 is 8.85 Å². The van der Waals surface area contributed by atoms with Gasteiger partial charge in [0.25, 0.3) is 0 Å². The molecule has 1 aliphatic heterocycles. The Morgan fingerprint density at radius 2 is 1.62 bits per heavy atom. The van der Waals surface area contributed by atoms with Gasteiger partial charge >= 0.3 is 8.56 Å². The van der Waals surface area contributed by atoms with Crippen LogP contribution in [0.4, 0.5) is 0 Å². The van der Waals surface area contributed by atoms with Gasteiger partial charge in [0.2, 0.25) is 0 Å². The summed E-state index contributed by atoms with van der Waals surface area (Å²) >= 11 is 0. The van der Waals surface area contributed by atoms with E-state index in [0.29, 0.717) is 0 Å². The standard InChI is InChI=1S/C10H24N2O2Si.H4Si/c1-4-13-15(3,14-5-2)10-12-8-6-11-7-9-12;/h11H,4-10H2,1-3H3;1H4. The average molecular weight is 265 g/mol. The number of nitrogens with zero attached hydrogens (tertiary/aromatic N) is 1. The maximum Gasteiger partial charge on any atom is 0.349 e. The molecule has 6 heteroatoms. The summed E-state index contributed by atoms with van der Waals surface area (Å²) in [6.45, 7) is 12.2. The maximum atomic E-state index is 5.83. The van der Waals surface area contributed by atoms with Crippen molar-refractivity contribution in [3.8, 4) is 0 Å². The van der Waals surface area contributed by atoms with E-state index in [1.807, 2.05) is 13.8 Å². The zero-order chi connectivity index (χ0) is 11.1. The third kappa shape index (κ3) is 5.56. The highest BCUT2D eigenvalue weighted by Crippen LogP contribution is 2.10. The van der Waals surface area contributed by atoms with E-state index >= 15 is 0 Å². The summed E-state index contributed by atoms with van der Waals surface area (Å²) in [5.41, 5.74) is 0. The largest absolute Gasteiger partial charge is 0.394 e. The van der Waals surface area contributed by atoms with Crippen LogP contribution in [0.1, 0.15) is 13.8 Å². The lowest BCUT2D eigenvalue weighted by molar-refractivity contribution is 0.159. The van der Waals surface area contributed by atoms with Gasteiger partial charge in [-0.3, -0.25) is 4.90 Å². The Morgan fingerprint density at radius 3 is 2.06 bits per heavy atom. The first-order valence-electron chi connectivity index (χ1n) is 5.91. The van der Waals surface area contributed by atoms with E-state index in [9.17, 15) is 0 Å². The first-order chi connectivity index (χ1) is 7.20. The minimum absolute atomic E-state index is 0.